The Hall–Kier alpha value is -3.04. The standard InChI is InChI=1S/C27H31N5O/c28-14-20-19-10-4-5-11-21(19)27(26(16-29,17-30)24(20)31)22-12-6-7-13-23(22)32(25(27)33)15-18-8-2-1-3-9-18/h10,18,21H,1-9,11-13,15,31H2. The van der Waals surface area contributed by atoms with Crippen molar-refractivity contribution in [2.24, 2.45) is 28.4 Å². The molecule has 0 bridgehead atoms. The molecule has 1 spiro atoms. The highest BCUT2D eigenvalue weighted by Gasteiger charge is 2.72. The van der Waals surface area contributed by atoms with E-state index in [0.29, 0.717) is 25.3 Å². The third kappa shape index (κ3) is 2.72. The number of carbonyl (C=O) groups is 1. The van der Waals surface area contributed by atoms with Crippen LogP contribution in [0.25, 0.3) is 0 Å². The molecule has 0 aromatic carbocycles. The first kappa shape index (κ1) is 21.8. The zero-order valence-corrected chi connectivity index (χ0v) is 19.2. The lowest BCUT2D eigenvalue weighted by Crippen LogP contribution is -2.59. The zero-order valence-electron chi connectivity index (χ0n) is 19.2. The van der Waals surface area contributed by atoms with E-state index in [9.17, 15) is 20.6 Å². The van der Waals surface area contributed by atoms with Gasteiger partial charge in [-0.25, -0.2) is 0 Å². The fourth-order valence-electron chi connectivity index (χ4n) is 7.51. The molecular formula is C27H31N5O. The van der Waals surface area contributed by atoms with Gasteiger partial charge < -0.3 is 10.6 Å². The molecule has 5 rings (SSSR count). The van der Waals surface area contributed by atoms with Crippen molar-refractivity contribution in [3.63, 3.8) is 0 Å². The number of carbonyl (C=O) groups excluding carboxylic acids is 1. The SMILES string of the molecule is N#CC1=C(N)C(C#N)(C#N)C2(C(=O)N(CC3CCCCC3)C3=C2CCCC3)C2CCCC=C12. The fraction of sp³-hybridized carbons (Fsp3) is 0.630. The molecule has 1 fully saturated rings. The van der Waals surface area contributed by atoms with Gasteiger partial charge in [-0.3, -0.25) is 4.79 Å². The fourth-order valence-corrected chi connectivity index (χ4v) is 7.51. The molecule has 1 saturated carbocycles. The van der Waals surface area contributed by atoms with E-state index >= 15 is 0 Å². The minimum atomic E-state index is -1.85. The van der Waals surface area contributed by atoms with Gasteiger partial charge in [0.2, 0.25) is 11.3 Å². The molecule has 6 heteroatoms. The molecule has 1 amide bonds. The minimum Gasteiger partial charge on any atom is -0.399 e. The Morgan fingerprint density at radius 2 is 1.73 bits per heavy atom. The molecular weight excluding hydrogens is 410 g/mol. The summed E-state index contributed by atoms with van der Waals surface area (Å²) in [6.45, 7) is 0.673. The number of nitriles is 3. The van der Waals surface area contributed by atoms with Gasteiger partial charge in [-0.05, 0) is 74.9 Å². The Morgan fingerprint density at radius 1 is 1.00 bits per heavy atom. The second-order valence-corrected chi connectivity index (χ2v) is 10.4. The molecule has 2 atom stereocenters. The third-order valence-electron chi connectivity index (χ3n) is 8.95. The maximum atomic E-state index is 14.6. The van der Waals surface area contributed by atoms with Crippen LogP contribution in [0, 0.1) is 56.7 Å². The second kappa shape index (κ2) is 8.07. The van der Waals surface area contributed by atoms with Crippen LogP contribution in [0.2, 0.25) is 0 Å². The lowest BCUT2D eigenvalue weighted by atomic mass is 9.46. The molecule has 6 nitrogen and oxygen atoms in total. The van der Waals surface area contributed by atoms with Crippen molar-refractivity contribution >= 4 is 5.91 Å². The molecule has 5 aliphatic rings. The molecule has 0 aromatic heterocycles. The lowest BCUT2D eigenvalue weighted by molar-refractivity contribution is -0.142. The van der Waals surface area contributed by atoms with Crippen molar-refractivity contribution in [1.29, 1.82) is 15.8 Å². The highest BCUT2D eigenvalue weighted by Crippen LogP contribution is 2.67. The van der Waals surface area contributed by atoms with Crippen molar-refractivity contribution in [2.45, 2.75) is 77.0 Å². The number of rotatable bonds is 2. The summed E-state index contributed by atoms with van der Waals surface area (Å²) in [4.78, 5) is 16.6. The van der Waals surface area contributed by atoms with Crippen LogP contribution in [-0.2, 0) is 4.79 Å². The predicted molar refractivity (Wildman–Crippen MR) is 122 cm³/mol. The van der Waals surface area contributed by atoms with Crippen LogP contribution in [0.4, 0.5) is 0 Å². The average Bonchev–Trinajstić information content (AvgIpc) is 3.10. The van der Waals surface area contributed by atoms with Crippen molar-refractivity contribution in [1.82, 2.24) is 4.90 Å². The Labute approximate surface area is 196 Å². The van der Waals surface area contributed by atoms with Gasteiger partial charge in [0.15, 0.2) is 0 Å². The summed E-state index contributed by atoms with van der Waals surface area (Å²) in [6.07, 6.45) is 13.8. The van der Waals surface area contributed by atoms with Crippen molar-refractivity contribution in [3.8, 4) is 18.2 Å². The minimum absolute atomic E-state index is 0.0234. The molecule has 2 unspecified atom stereocenters. The van der Waals surface area contributed by atoms with Gasteiger partial charge in [0.1, 0.15) is 11.5 Å². The van der Waals surface area contributed by atoms with Gasteiger partial charge in [-0.15, -0.1) is 0 Å². The Morgan fingerprint density at radius 3 is 2.42 bits per heavy atom. The number of amides is 1. The monoisotopic (exact) mass is 441 g/mol. The van der Waals surface area contributed by atoms with Crippen molar-refractivity contribution < 1.29 is 4.79 Å². The number of allylic oxidation sites excluding steroid dienone is 5. The van der Waals surface area contributed by atoms with E-state index in [1.165, 1.54) is 19.3 Å². The van der Waals surface area contributed by atoms with Gasteiger partial charge in [0.05, 0.1) is 23.4 Å². The maximum Gasteiger partial charge on any atom is 0.240 e. The summed E-state index contributed by atoms with van der Waals surface area (Å²) in [6, 6.07) is 6.65. The number of nitrogens with two attached hydrogens (primary N) is 1. The maximum absolute atomic E-state index is 14.6. The van der Waals surface area contributed by atoms with Crippen LogP contribution in [0.3, 0.4) is 0 Å². The average molecular weight is 442 g/mol. The Balaban J connectivity index is 1.76. The summed E-state index contributed by atoms with van der Waals surface area (Å²) in [5, 5.41) is 31.1. The Bertz CT molecular complexity index is 1090. The number of hydrogen-bond donors (Lipinski definition) is 1. The van der Waals surface area contributed by atoms with Crippen LogP contribution in [0.15, 0.2) is 34.2 Å². The first-order chi connectivity index (χ1) is 16.1. The zero-order chi connectivity index (χ0) is 23.2. The van der Waals surface area contributed by atoms with Crippen LogP contribution >= 0.6 is 0 Å². The summed E-state index contributed by atoms with van der Waals surface area (Å²) < 4.78 is 0. The van der Waals surface area contributed by atoms with Crippen LogP contribution < -0.4 is 5.73 Å². The molecule has 0 saturated heterocycles. The third-order valence-corrected chi connectivity index (χ3v) is 8.95. The van der Waals surface area contributed by atoms with E-state index < -0.39 is 10.8 Å². The lowest BCUT2D eigenvalue weighted by Gasteiger charge is -2.51. The van der Waals surface area contributed by atoms with E-state index in [-0.39, 0.29) is 23.1 Å². The highest BCUT2D eigenvalue weighted by atomic mass is 16.2. The number of nitrogens with zero attached hydrogens (tertiary/aromatic N) is 4. The first-order valence-electron chi connectivity index (χ1n) is 12.5. The van der Waals surface area contributed by atoms with E-state index in [1.807, 2.05) is 11.0 Å². The van der Waals surface area contributed by atoms with E-state index in [1.54, 1.807) is 0 Å². The molecule has 4 aliphatic carbocycles. The highest BCUT2D eigenvalue weighted by molar-refractivity contribution is 5.96. The second-order valence-electron chi connectivity index (χ2n) is 10.4. The molecule has 1 heterocycles. The van der Waals surface area contributed by atoms with Crippen LogP contribution in [0.1, 0.15) is 77.0 Å². The molecule has 1 aliphatic heterocycles. The number of hydrogen-bond acceptors (Lipinski definition) is 5. The van der Waals surface area contributed by atoms with Crippen molar-refractivity contribution in [3.05, 3.63) is 34.2 Å². The Kier molecular flexibility index (Phi) is 5.33. The van der Waals surface area contributed by atoms with Gasteiger partial charge >= 0.3 is 0 Å². The van der Waals surface area contributed by atoms with Crippen LogP contribution in [0.5, 0.6) is 0 Å². The van der Waals surface area contributed by atoms with Gasteiger partial charge in [0, 0.05) is 18.2 Å². The summed E-state index contributed by atoms with van der Waals surface area (Å²) in [5.74, 6) is -0.000107. The smallest absolute Gasteiger partial charge is 0.240 e. The van der Waals surface area contributed by atoms with E-state index in [0.717, 1.165) is 61.8 Å². The van der Waals surface area contributed by atoms with Gasteiger partial charge in [-0.2, -0.15) is 15.8 Å². The number of fused-ring (bicyclic) bond motifs is 3. The molecule has 33 heavy (non-hydrogen) atoms. The van der Waals surface area contributed by atoms with Gasteiger partial charge in [0.25, 0.3) is 0 Å². The summed E-state index contributed by atoms with van der Waals surface area (Å²) in [7, 11) is 0. The molecule has 170 valence electrons. The predicted octanol–water partition coefficient (Wildman–Crippen LogP) is 4.73. The summed E-state index contributed by atoms with van der Waals surface area (Å²) in [5.41, 5.74) is 6.40. The molecule has 0 radical (unpaired) electrons. The van der Waals surface area contributed by atoms with Crippen LogP contribution in [-0.4, -0.2) is 17.4 Å². The normalized spacial score (nSPS) is 31.4. The first-order valence-corrected chi connectivity index (χ1v) is 12.5. The van der Waals surface area contributed by atoms with E-state index in [2.05, 4.69) is 18.2 Å². The van der Waals surface area contributed by atoms with Crippen molar-refractivity contribution in [2.75, 3.05) is 6.54 Å². The molecule has 2 N–H and O–H groups in total. The topological polar surface area (TPSA) is 118 Å². The molecule has 0 aromatic rings. The van der Waals surface area contributed by atoms with E-state index in [4.69, 9.17) is 5.73 Å². The summed E-state index contributed by atoms with van der Waals surface area (Å²) >= 11 is 0. The largest absolute Gasteiger partial charge is 0.399 e. The quantitative estimate of drug-likeness (QED) is 0.664. The van der Waals surface area contributed by atoms with Gasteiger partial charge in [-0.1, -0.05) is 25.3 Å².